The molecule has 1 aromatic carbocycles. The van der Waals surface area contributed by atoms with E-state index in [-0.39, 0.29) is 5.91 Å². The van der Waals surface area contributed by atoms with Crippen LogP contribution in [0.15, 0.2) is 24.3 Å². The molecular weight excluding hydrogens is 242 g/mol. The van der Waals surface area contributed by atoms with Crippen LogP contribution in [0.5, 0.6) is 0 Å². The second kappa shape index (κ2) is 6.68. The van der Waals surface area contributed by atoms with E-state index in [1.54, 1.807) is 4.90 Å². The van der Waals surface area contributed by atoms with E-state index in [9.17, 15) is 9.90 Å². The number of carbonyl (C=O) groups is 1. The lowest BCUT2D eigenvalue weighted by atomic mass is 9.98. The summed E-state index contributed by atoms with van der Waals surface area (Å²) in [7, 11) is 0. The minimum atomic E-state index is -0.461. The molecule has 1 aliphatic rings. The van der Waals surface area contributed by atoms with Crippen molar-refractivity contribution in [2.75, 3.05) is 24.7 Å². The third kappa shape index (κ3) is 3.33. The van der Waals surface area contributed by atoms with Gasteiger partial charge in [-0.15, -0.1) is 0 Å². The van der Waals surface area contributed by atoms with Crippen LogP contribution in [0.3, 0.4) is 0 Å². The molecule has 0 spiro atoms. The molecule has 1 aliphatic heterocycles. The highest BCUT2D eigenvalue weighted by Crippen LogP contribution is 2.33. The van der Waals surface area contributed by atoms with Gasteiger partial charge in [-0.05, 0) is 18.9 Å². The Bertz CT molecular complexity index is 433. The van der Waals surface area contributed by atoms with E-state index in [2.05, 4.69) is 0 Å². The van der Waals surface area contributed by atoms with Gasteiger partial charge in [0.05, 0.1) is 19.1 Å². The number of ether oxygens (including phenoxy) is 1. The van der Waals surface area contributed by atoms with Crippen molar-refractivity contribution in [3.8, 4) is 0 Å². The van der Waals surface area contributed by atoms with E-state index in [0.717, 1.165) is 17.7 Å². The molecule has 1 aromatic rings. The first kappa shape index (κ1) is 14.0. The first-order chi connectivity index (χ1) is 9.24. The summed E-state index contributed by atoms with van der Waals surface area (Å²) >= 11 is 0. The van der Waals surface area contributed by atoms with Crippen molar-refractivity contribution in [3.63, 3.8) is 0 Å². The molecule has 1 heterocycles. The topological polar surface area (TPSA) is 49.8 Å². The fourth-order valence-corrected chi connectivity index (χ4v) is 2.34. The van der Waals surface area contributed by atoms with E-state index < -0.39 is 6.10 Å². The van der Waals surface area contributed by atoms with Crippen LogP contribution < -0.4 is 4.90 Å². The van der Waals surface area contributed by atoms with Crippen LogP contribution in [-0.2, 0) is 9.53 Å². The molecule has 0 fully saturated rings. The summed E-state index contributed by atoms with van der Waals surface area (Å²) in [5, 5.41) is 9.94. The van der Waals surface area contributed by atoms with E-state index in [1.165, 1.54) is 0 Å². The molecule has 0 aromatic heterocycles. The van der Waals surface area contributed by atoms with Crippen molar-refractivity contribution in [2.45, 2.75) is 32.3 Å². The predicted octanol–water partition coefficient (Wildman–Crippen LogP) is 2.27. The summed E-state index contributed by atoms with van der Waals surface area (Å²) in [6, 6.07) is 7.56. The lowest BCUT2D eigenvalue weighted by Crippen LogP contribution is -2.37. The zero-order valence-electron chi connectivity index (χ0n) is 11.3. The SMILES string of the molecule is CCCOCCC(=O)N1CCC(O)c2ccccc21. The maximum atomic E-state index is 12.2. The van der Waals surface area contributed by atoms with Crippen molar-refractivity contribution >= 4 is 11.6 Å². The summed E-state index contributed by atoms with van der Waals surface area (Å²) in [6.45, 7) is 3.78. The van der Waals surface area contributed by atoms with E-state index in [4.69, 9.17) is 4.74 Å². The Morgan fingerprint density at radius 3 is 3.00 bits per heavy atom. The molecule has 0 aliphatic carbocycles. The Kier molecular flexibility index (Phi) is 4.93. The molecule has 1 N–H and O–H groups in total. The van der Waals surface area contributed by atoms with Gasteiger partial charge < -0.3 is 14.7 Å². The van der Waals surface area contributed by atoms with Gasteiger partial charge in [0.2, 0.25) is 5.91 Å². The van der Waals surface area contributed by atoms with Gasteiger partial charge in [0.1, 0.15) is 0 Å². The fraction of sp³-hybridized carbons (Fsp3) is 0.533. The zero-order valence-corrected chi connectivity index (χ0v) is 11.3. The fourth-order valence-electron chi connectivity index (χ4n) is 2.34. The highest BCUT2D eigenvalue weighted by Gasteiger charge is 2.26. The number of amides is 1. The number of carbonyl (C=O) groups excluding carboxylic acids is 1. The minimum Gasteiger partial charge on any atom is -0.388 e. The molecule has 2 rings (SSSR count). The smallest absolute Gasteiger partial charge is 0.229 e. The van der Waals surface area contributed by atoms with Crippen LogP contribution in [0.25, 0.3) is 0 Å². The summed E-state index contributed by atoms with van der Waals surface area (Å²) in [6.07, 6.45) is 1.49. The number of anilines is 1. The average Bonchev–Trinajstić information content (AvgIpc) is 2.44. The summed E-state index contributed by atoms with van der Waals surface area (Å²) in [5.74, 6) is 0.0652. The number of nitrogens with zero attached hydrogens (tertiary/aromatic N) is 1. The molecule has 1 amide bonds. The number of rotatable bonds is 5. The van der Waals surface area contributed by atoms with Gasteiger partial charge in [-0.2, -0.15) is 0 Å². The maximum absolute atomic E-state index is 12.2. The molecule has 1 unspecified atom stereocenters. The highest BCUT2D eigenvalue weighted by molar-refractivity contribution is 5.94. The molecule has 104 valence electrons. The number of para-hydroxylation sites is 1. The molecule has 0 radical (unpaired) electrons. The summed E-state index contributed by atoms with van der Waals surface area (Å²) < 4.78 is 5.36. The van der Waals surface area contributed by atoms with Crippen LogP contribution in [0.2, 0.25) is 0 Å². The molecular formula is C15H21NO3. The second-order valence-electron chi connectivity index (χ2n) is 4.77. The minimum absolute atomic E-state index is 0.0652. The molecule has 0 bridgehead atoms. The molecule has 0 saturated heterocycles. The maximum Gasteiger partial charge on any atom is 0.229 e. The number of hydrogen-bond donors (Lipinski definition) is 1. The van der Waals surface area contributed by atoms with Crippen molar-refractivity contribution in [2.24, 2.45) is 0 Å². The predicted molar refractivity (Wildman–Crippen MR) is 74.1 cm³/mol. The van der Waals surface area contributed by atoms with Crippen molar-refractivity contribution in [3.05, 3.63) is 29.8 Å². The van der Waals surface area contributed by atoms with E-state index in [1.807, 2.05) is 31.2 Å². The zero-order chi connectivity index (χ0) is 13.7. The second-order valence-corrected chi connectivity index (χ2v) is 4.77. The number of aliphatic hydroxyl groups excluding tert-OH is 1. The quantitative estimate of drug-likeness (QED) is 0.829. The molecule has 4 nitrogen and oxygen atoms in total. The van der Waals surface area contributed by atoms with Gasteiger partial charge in [0.25, 0.3) is 0 Å². The monoisotopic (exact) mass is 263 g/mol. The third-order valence-electron chi connectivity index (χ3n) is 3.32. The van der Waals surface area contributed by atoms with Crippen LogP contribution >= 0.6 is 0 Å². The Labute approximate surface area is 114 Å². The number of fused-ring (bicyclic) bond motifs is 1. The van der Waals surface area contributed by atoms with E-state index in [0.29, 0.717) is 32.6 Å². The molecule has 1 atom stereocenters. The van der Waals surface area contributed by atoms with Gasteiger partial charge in [-0.3, -0.25) is 4.79 Å². The Morgan fingerprint density at radius 1 is 1.42 bits per heavy atom. The molecule has 0 saturated carbocycles. The van der Waals surface area contributed by atoms with Crippen molar-refractivity contribution in [1.29, 1.82) is 0 Å². The van der Waals surface area contributed by atoms with Crippen LogP contribution in [-0.4, -0.2) is 30.8 Å². The normalized spacial score (nSPS) is 18.2. The Morgan fingerprint density at radius 2 is 2.21 bits per heavy atom. The highest BCUT2D eigenvalue weighted by atomic mass is 16.5. The lowest BCUT2D eigenvalue weighted by Gasteiger charge is -2.32. The van der Waals surface area contributed by atoms with E-state index >= 15 is 0 Å². The number of benzene rings is 1. The first-order valence-electron chi connectivity index (χ1n) is 6.89. The first-order valence-corrected chi connectivity index (χ1v) is 6.89. The summed E-state index contributed by atoms with van der Waals surface area (Å²) in [4.78, 5) is 14.0. The third-order valence-corrected chi connectivity index (χ3v) is 3.32. The van der Waals surface area contributed by atoms with Gasteiger partial charge in [0.15, 0.2) is 0 Å². The molecule has 4 heteroatoms. The van der Waals surface area contributed by atoms with Crippen LogP contribution in [0, 0.1) is 0 Å². The van der Waals surface area contributed by atoms with Gasteiger partial charge >= 0.3 is 0 Å². The van der Waals surface area contributed by atoms with Crippen molar-refractivity contribution in [1.82, 2.24) is 0 Å². The van der Waals surface area contributed by atoms with Crippen LogP contribution in [0.1, 0.15) is 37.9 Å². The standard InChI is InChI=1S/C15H21NO3/c1-2-10-19-11-8-15(18)16-9-7-14(17)12-5-3-4-6-13(12)16/h3-6,14,17H,2,7-11H2,1H3. The summed E-state index contributed by atoms with van der Waals surface area (Å²) in [5.41, 5.74) is 1.68. The Hall–Kier alpha value is -1.39. The number of hydrogen-bond acceptors (Lipinski definition) is 3. The van der Waals surface area contributed by atoms with Gasteiger partial charge in [-0.1, -0.05) is 25.1 Å². The van der Waals surface area contributed by atoms with Crippen LogP contribution in [0.4, 0.5) is 5.69 Å². The lowest BCUT2D eigenvalue weighted by molar-refractivity contribution is -0.119. The average molecular weight is 263 g/mol. The molecule has 19 heavy (non-hydrogen) atoms. The largest absolute Gasteiger partial charge is 0.388 e. The van der Waals surface area contributed by atoms with Gasteiger partial charge in [-0.25, -0.2) is 0 Å². The Balaban J connectivity index is 2.01. The number of aliphatic hydroxyl groups is 1. The van der Waals surface area contributed by atoms with Crippen molar-refractivity contribution < 1.29 is 14.6 Å². The van der Waals surface area contributed by atoms with Gasteiger partial charge in [0, 0.05) is 24.4 Å².